The molecule has 6 nitrogen and oxygen atoms in total. The van der Waals surface area contributed by atoms with E-state index in [0.717, 1.165) is 4.90 Å². The van der Waals surface area contributed by atoms with Gasteiger partial charge in [0, 0.05) is 21.1 Å². The van der Waals surface area contributed by atoms with Gasteiger partial charge in [0.05, 0.1) is 11.4 Å². The number of aromatic nitrogens is 2. The Kier molecular flexibility index (Phi) is 5.01. The maximum absolute atomic E-state index is 13.8. The van der Waals surface area contributed by atoms with Crippen LogP contribution in [0.2, 0.25) is 0 Å². The molecule has 0 fully saturated rings. The third-order valence-electron chi connectivity index (χ3n) is 3.62. The molecule has 0 aliphatic heterocycles. The summed E-state index contributed by atoms with van der Waals surface area (Å²) >= 11 is 0. The standard InChI is InChI=1S/C15H13F5N4O2/c1-5-12(13(22-24(5)4)15(26)23(2)3)21-14(25)6-7(16)9(18)11(20)10(19)8(6)17/h1-4H3,(H,21,25). The molecule has 1 N–H and O–H groups in total. The highest BCUT2D eigenvalue weighted by molar-refractivity contribution is 6.09. The van der Waals surface area contributed by atoms with E-state index < -0.39 is 46.5 Å². The Balaban J connectivity index is 2.55. The van der Waals surface area contributed by atoms with Crippen molar-refractivity contribution in [3.8, 4) is 0 Å². The van der Waals surface area contributed by atoms with E-state index >= 15 is 0 Å². The Morgan fingerprint density at radius 3 is 1.88 bits per heavy atom. The Bertz CT molecular complexity index is 894. The molecule has 1 aromatic carbocycles. The minimum absolute atomic E-state index is 0.208. The molecule has 0 spiro atoms. The third-order valence-corrected chi connectivity index (χ3v) is 3.62. The van der Waals surface area contributed by atoms with Crippen LogP contribution in [-0.4, -0.2) is 40.6 Å². The number of hydrogen-bond donors (Lipinski definition) is 1. The minimum Gasteiger partial charge on any atom is -0.343 e. The number of halogens is 5. The van der Waals surface area contributed by atoms with Crippen molar-refractivity contribution in [2.45, 2.75) is 6.92 Å². The van der Waals surface area contributed by atoms with E-state index in [4.69, 9.17) is 0 Å². The van der Waals surface area contributed by atoms with Gasteiger partial charge in [0.2, 0.25) is 5.82 Å². The molecule has 0 saturated heterocycles. The Hall–Kier alpha value is -2.98. The number of aryl methyl sites for hydroxylation is 1. The summed E-state index contributed by atoms with van der Waals surface area (Å²) in [4.78, 5) is 25.4. The number of anilines is 1. The van der Waals surface area contributed by atoms with Crippen LogP contribution < -0.4 is 5.32 Å². The zero-order valence-electron chi connectivity index (χ0n) is 14.0. The second-order valence-corrected chi connectivity index (χ2v) is 5.53. The van der Waals surface area contributed by atoms with Crippen LogP contribution in [0.25, 0.3) is 0 Å². The average Bonchev–Trinajstić information content (AvgIpc) is 2.85. The van der Waals surface area contributed by atoms with Gasteiger partial charge in [-0.05, 0) is 6.92 Å². The summed E-state index contributed by atoms with van der Waals surface area (Å²) in [7, 11) is 4.25. The molecule has 1 heterocycles. The molecular weight excluding hydrogens is 363 g/mol. The van der Waals surface area contributed by atoms with Crippen molar-refractivity contribution in [2.24, 2.45) is 7.05 Å². The molecular formula is C15H13F5N4O2. The molecule has 140 valence electrons. The van der Waals surface area contributed by atoms with Gasteiger partial charge in [-0.2, -0.15) is 5.10 Å². The summed E-state index contributed by atoms with van der Waals surface area (Å²) < 4.78 is 68.4. The lowest BCUT2D eigenvalue weighted by Crippen LogP contribution is -2.25. The van der Waals surface area contributed by atoms with Gasteiger partial charge in [-0.3, -0.25) is 14.3 Å². The molecule has 0 saturated carbocycles. The number of benzene rings is 1. The number of carbonyl (C=O) groups is 2. The second kappa shape index (κ2) is 6.73. The van der Waals surface area contributed by atoms with Gasteiger partial charge in [0.15, 0.2) is 29.0 Å². The summed E-state index contributed by atoms with van der Waals surface area (Å²) in [6, 6.07) is 0. The van der Waals surface area contributed by atoms with Crippen molar-refractivity contribution >= 4 is 17.5 Å². The highest BCUT2D eigenvalue weighted by Crippen LogP contribution is 2.26. The second-order valence-electron chi connectivity index (χ2n) is 5.53. The molecule has 2 rings (SSSR count). The highest BCUT2D eigenvalue weighted by Gasteiger charge is 2.31. The number of nitrogens with zero attached hydrogens (tertiary/aromatic N) is 3. The summed E-state index contributed by atoms with van der Waals surface area (Å²) in [5.41, 5.74) is -1.90. The van der Waals surface area contributed by atoms with Gasteiger partial charge in [-0.25, -0.2) is 22.0 Å². The van der Waals surface area contributed by atoms with Crippen LogP contribution in [-0.2, 0) is 7.05 Å². The lowest BCUT2D eigenvalue weighted by atomic mass is 10.1. The highest BCUT2D eigenvalue weighted by atomic mass is 19.2. The van der Waals surface area contributed by atoms with Gasteiger partial charge in [-0.15, -0.1) is 0 Å². The van der Waals surface area contributed by atoms with Gasteiger partial charge in [-0.1, -0.05) is 0 Å². The zero-order valence-corrected chi connectivity index (χ0v) is 14.0. The van der Waals surface area contributed by atoms with E-state index in [1.807, 2.05) is 5.32 Å². The fourth-order valence-electron chi connectivity index (χ4n) is 2.10. The molecule has 2 amide bonds. The summed E-state index contributed by atoms with van der Waals surface area (Å²) in [6.45, 7) is 1.44. The van der Waals surface area contributed by atoms with Crippen molar-refractivity contribution in [3.05, 3.63) is 46.0 Å². The molecule has 26 heavy (non-hydrogen) atoms. The van der Waals surface area contributed by atoms with Crippen LogP contribution >= 0.6 is 0 Å². The van der Waals surface area contributed by atoms with Crippen molar-refractivity contribution in [2.75, 3.05) is 19.4 Å². The molecule has 0 unspecified atom stereocenters. The van der Waals surface area contributed by atoms with Crippen molar-refractivity contribution in [3.63, 3.8) is 0 Å². The maximum Gasteiger partial charge on any atom is 0.276 e. The Labute approximate surface area is 144 Å². The first-order chi connectivity index (χ1) is 12.0. The first kappa shape index (κ1) is 19.3. The van der Waals surface area contributed by atoms with Crippen molar-refractivity contribution < 1.29 is 31.5 Å². The topological polar surface area (TPSA) is 67.2 Å². The predicted molar refractivity (Wildman–Crippen MR) is 80.1 cm³/mol. The average molecular weight is 376 g/mol. The van der Waals surface area contributed by atoms with Gasteiger partial charge >= 0.3 is 0 Å². The predicted octanol–water partition coefficient (Wildman–Crippen LogP) is 2.38. The fourth-order valence-corrected chi connectivity index (χ4v) is 2.10. The summed E-state index contributed by atoms with van der Waals surface area (Å²) in [6.07, 6.45) is 0. The number of amides is 2. The molecule has 0 aliphatic carbocycles. The lowest BCUT2D eigenvalue weighted by molar-refractivity contribution is 0.0822. The number of hydrogen-bond acceptors (Lipinski definition) is 3. The molecule has 0 radical (unpaired) electrons. The number of nitrogens with one attached hydrogen (secondary N) is 1. The molecule has 0 bridgehead atoms. The first-order valence-corrected chi connectivity index (χ1v) is 7.07. The smallest absolute Gasteiger partial charge is 0.276 e. The molecule has 2 aromatic rings. The third kappa shape index (κ3) is 3.00. The first-order valence-electron chi connectivity index (χ1n) is 7.07. The SMILES string of the molecule is Cc1c(NC(=O)c2c(F)c(F)c(F)c(F)c2F)c(C(=O)N(C)C)nn1C. The minimum atomic E-state index is -2.38. The zero-order chi connectivity index (χ0) is 19.9. The van der Waals surface area contributed by atoms with Crippen LogP contribution in [0, 0.1) is 36.0 Å². The quantitative estimate of drug-likeness (QED) is 0.508. The maximum atomic E-state index is 13.8. The van der Waals surface area contributed by atoms with Crippen LogP contribution in [0.15, 0.2) is 0 Å². The van der Waals surface area contributed by atoms with Gasteiger partial charge < -0.3 is 10.2 Å². The van der Waals surface area contributed by atoms with E-state index in [-0.39, 0.29) is 17.1 Å². The number of carbonyl (C=O) groups excluding carboxylic acids is 2. The van der Waals surface area contributed by atoms with Crippen molar-refractivity contribution in [1.29, 1.82) is 0 Å². The van der Waals surface area contributed by atoms with Crippen LogP contribution in [0.1, 0.15) is 26.5 Å². The monoisotopic (exact) mass is 376 g/mol. The number of rotatable bonds is 3. The van der Waals surface area contributed by atoms with E-state index in [2.05, 4.69) is 5.10 Å². The molecule has 1 aromatic heterocycles. The largest absolute Gasteiger partial charge is 0.343 e. The summed E-state index contributed by atoms with van der Waals surface area (Å²) in [5, 5.41) is 5.89. The Morgan fingerprint density at radius 2 is 1.42 bits per heavy atom. The van der Waals surface area contributed by atoms with E-state index in [1.165, 1.54) is 32.7 Å². The van der Waals surface area contributed by atoms with Crippen molar-refractivity contribution in [1.82, 2.24) is 14.7 Å². The van der Waals surface area contributed by atoms with Gasteiger partial charge in [0.1, 0.15) is 5.56 Å². The Morgan fingerprint density at radius 1 is 0.962 bits per heavy atom. The molecule has 11 heteroatoms. The fraction of sp³-hybridized carbons (Fsp3) is 0.267. The lowest BCUT2D eigenvalue weighted by Gasteiger charge is -2.12. The normalized spacial score (nSPS) is 10.8. The van der Waals surface area contributed by atoms with Crippen LogP contribution in [0.4, 0.5) is 27.6 Å². The van der Waals surface area contributed by atoms with Gasteiger partial charge in [0.25, 0.3) is 11.8 Å². The summed E-state index contributed by atoms with van der Waals surface area (Å²) in [5.74, 6) is -13.7. The molecule has 0 aliphatic rings. The van der Waals surface area contributed by atoms with E-state index in [0.29, 0.717) is 0 Å². The van der Waals surface area contributed by atoms with E-state index in [9.17, 15) is 31.5 Å². The van der Waals surface area contributed by atoms with Crippen LogP contribution in [0.3, 0.4) is 0 Å². The molecule has 0 atom stereocenters. The van der Waals surface area contributed by atoms with E-state index in [1.54, 1.807) is 0 Å². The van der Waals surface area contributed by atoms with Crippen LogP contribution in [0.5, 0.6) is 0 Å².